The Labute approximate surface area is 172 Å². The van der Waals surface area contributed by atoms with Crippen LogP contribution >= 0.6 is 0 Å². The van der Waals surface area contributed by atoms with E-state index in [1.165, 1.54) is 18.5 Å². The Morgan fingerprint density at radius 2 is 1.72 bits per heavy atom. The molecule has 1 unspecified atom stereocenters. The maximum absolute atomic E-state index is 12.7. The normalized spacial score (nSPS) is 14.7. The molecule has 4 nitrogen and oxygen atoms in total. The van der Waals surface area contributed by atoms with Gasteiger partial charge in [0.15, 0.2) is 6.10 Å². The van der Waals surface area contributed by atoms with Gasteiger partial charge in [-0.25, -0.2) is 0 Å². The molecule has 3 aromatic carbocycles. The van der Waals surface area contributed by atoms with E-state index in [9.17, 15) is 4.79 Å². The predicted molar refractivity (Wildman–Crippen MR) is 118 cm³/mol. The number of nitrogens with one attached hydrogen (secondary N) is 1. The van der Waals surface area contributed by atoms with E-state index in [1.807, 2.05) is 37.3 Å². The quantitative estimate of drug-likeness (QED) is 0.625. The van der Waals surface area contributed by atoms with Gasteiger partial charge in [-0.1, -0.05) is 55.5 Å². The van der Waals surface area contributed by atoms with Crippen molar-refractivity contribution >= 4 is 22.4 Å². The molecule has 0 radical (unpaired) electrons. The average molecular weight is 389 g/mol. The Morgan fingerprint density at radius 3 is 2.48 bits per heavy atom. The monoisotopic (exact) mass is 388 g/mol. The molecule has 1 fully saturated rings. The van der Waals surface area contributed by atoms with Crippen LogP contribution in [0.1, 0.15) is 31.7 Å². The number of amides is 1. The first-order chi connectivity index (χ1) is 14.2. The Balaban J connectivity index is 1.37. The van der Waals surface area contributed by atoms with Crippen LogP contribution < -0.4 is 15.0 Å². The van der Waals surface area contributed by atoms with Crippen LogP contribution in [-0.4, -0.2) is 25.1 Å². The van der Waals surface area contributed by atoms with Crippen LogP contribution in [0.25, 0.3) is 10.8 Å². The van der Waals surface area contributed by atoms with Crippen molar-refractivity contribution in [2.24, 2.45) is 0 Å². The highest BCUT2D eigenvalue weighted by Crippen LogP contribution is 2.26. The highest BCUT2D eigenvalue weighted by molar-refractivity contribution is 5.89. The number of nitrogens with zero attached hydrogens (tertiary/aromatic N) is 1. The number of hydrogen-bond acceptors (Lipinski definition) is 3. The minimum atomic E-state index is -0.510. The molecular weight excluding hydrogens is 360 g/mol. The van der Waals surface area contributed by atoms with E-state index < -0.39 is 6.10 Å². The molecule has 4 rings (SSSR count). The fourth-order valence-corrected chi connectivity index (χ4v) is 3.88. The Hall–Kier alpha value is -3.01. The van der Waals surface area contributed by atoms with Gasteiger partial charge in [-0.3, -0.25) is 4.79 Å². The van der Waals surface area contributed by atoms with Crippen molar-refractivity contribution < 1.29 is 9.53 Å². The summed E-state index contributed by atoms with van der Waals surface area (Å²) >= 11 is 0. The molecule has 1 heterocycles. The van der Waals surface area contributed by atoms with E-state index in [0.717, 1.165) is 35.2 Å². The highest BCUT2D eigenvalue weighted by atomic mass is 16.5. The van der Waals surface area contributed by atoms with Crippen molar-refractivity contribution in [3.05, 3.63) is 72.3 Å². The van der Waals surface area contributed by atoms with Crippen LogP contribution in [0, 0.1) is 0 Å². The van der Waals surface area contributed by atoms with Crippen molar-refractivity contribution in [2.75, 3.05) is 18.0 Å². The van der Waals surface area contributed by atoms with Crippen molar-refractivity contribution in [3.8, 4) is 5.75 Å². The lowest BCUT2D eigenvalue weighted by molar-refractivity contribution is -0.128. The molecule has 3 aromatic rings. The molecule has 150 valence electrons. The number of benzene rings is 3. The molecule has 0 bridgehead atoms. The standard InChI is InChI=1S/C25H28N2O2/c1-2-23(29-24-11-7-9-20-8-3-4-10-22(20)24)25(28)26-18-19-12-14-21(15-13-19)27-16-5-6-17-27/h3-4,7-15,23H,2,5-6,16-18H2,1H3,(H,26,28). The molecule has 0 saturated carbocycles. The number of ether oxygens (including phenoxy) is 1. The minimum Gasteiger partial charge on any atom is -0.480 e. The second-order valence-electron chi connectivity index (χ2n) is 7.57. The van der Waals surface area contributed by atoms with Gasteiger partial charge in [0.1, 0.15) is 5.75 Å². The molecule has 1 aliphatic heterocycles. The summed E-state index contributed by atoms with van der Waals surface area (Å²) in [5.41, 5.74) is 2.37. The Bertz CT molecular complexity index is 957. The molecule has 29 heavy (non-hydrogen) atoms. The Kier molecular flexibility index (Phi) is 5.99. The van der Waals surface area contributed by atoms with E-state index in [2.05, 4.69) is 46.6 Å². The summed E-state index contributed by atoms with van der Waals surface area (Å²) in [6.45, 7) is 4.76. The molecule has 1 N–H and O–H groups in total. The first-order valence-corrected chi connectivity index (χ1v) is 10.5. The lowest BCUT2D eigenvalue weighted by Crippen LogP contribution is -2.37. The zero-order valence-electron chi connectivity index (χ0n) is 16.9. The van der Waals surface area contributed by atoms with Gasteiger partial charge in [0.05, 0.1) is 0 Å². The van der Waals surface area contributed by atoms with Crippen LogP contribution in [0.5, 0.6) is 5.75 Å². The van der Waals surface area contributed by atoms with Gasteiger partial charge in [0, 0.05) is 30.7 Å². The lowest BCUT2D eigenvalue weighted by Gasteiger charge is -2.19. The van der Waals surface area contributed by atoms with Gasteiger partial charge in [0.2, 0.25) is 0 Å². The maximum atomic E-state index is 12.7. The summed E-state index contributed by atoms with van der Waals surface area (Å²) in [5, 5.41) is 5.17. The molecule has 1 atom stereocenters. The molecule has 1 aliphatic rings. The molecule has 1 saturated heterocycles. The van der Waals surface area contributed by atoms with Crippen LogP contribution in [-0.2, 0) is 11.3 Å². The third-order valence-corrected chi connectivity index (χ3v) is 5.56. The van der Waals surface area contributed by atoms with E-state index >= 15 is 0 Å². The minimum absolute atomic E-state index is 0.0796. The van der Waals surface area contributed by atoms with Crippen molar-refractivity contribution in [1.29, 1.82) is 0 Å². The fourth-order valence-electron chi connectivity index (χ4n) is 3.88. The largest absolute Gasteiger partial charge is 0.480 e. The van der Waals surface area contributed by atoms with Crippen molar-refractivity contribution in [1.82, 2.24) is 5.32 Å². The maximum Gasteiger partial charge on any atom is 0.261 e. The van der Waals surface area contributed by atoms with Crippen LogP contribution in [0.3, 0.4) is 0 Å². The highest BCUT2D eigenvalue weighted by Gasteiger charge is 2.19. The first kappa shape index (κ1) is 19.3. The second-order valence-corrected chi connectivity index (χ2v) is 7.57. The van der Waals surface area contributed by atoms with Crippen molar-refractivity contribution in [3.63, 3.8) is 0 Å². The van der Waals surface area contributed by atoms with Gasteiger partial charge in [-0.2, -0.15) is 0 Å². The molecule has 4 heteroatoms. The molecule has 0 spiro atoms. The zero-order valence-corrected chi connectivity index (χ0v) is 16.9. The predicted octanol–water partition coefficient (Wildman–Crippen LogP) is 4.91. The first-order valence-electron chi connectivity index (χ1n) is 10.5. The number of fused-ring (bicyclic) bond motifs is 1. The topological polar surface area (TPSA) is 41.6 Å². The van der Waals surface area contributed by atoms with Crippen LogP contribution in [0.2, 0.25) is 0 Å². The van der Waals surface area contributed by atoms with E-state index in [1.54, 1.807) is 0 Å². The van der Waals surface area contributed by atoms with Gasteiger partial charge in [-0.05, 0) is 48.4 Å². The number of carbonyl (C=O) groups excluding carboxylic acids is 1. The Morgan fingerprint density at radius 1 is 1.00 bits per heavy atom. The summed E-state index contributed by atoms with van der Waals surface area (Å²) in [5.74, 6) is 0.670. The third-order valence-electron chi connectivity index (χ3n) is 5.56. The molecule has 0 aromatic heterocycles. The second kappa shape index (κ2) is 8.99. The number of rotatable bonds is 7. The fraction of sp³-hybridized carbons (Fsp3) is 0.320. The summed E-state index contributed by atoms with van der Waals surface area (Å²) in [7, 11) is 0. The van der Waals surface area contributed by atoms with Crippen LogP contribution in [0.15, 0.2) is 66.7 Å². The number of carbonyl (C=O) groups is 1. The average Bonchev–Trinajstić information content (AvgIpc) is 3.31. The molecule has 0 aliphatic carbocycles. The van der Waals surface area contributed by atoms with Gasteiger partial charge in [-0.15, -0.1) is 0 Å². The zero-order chi connectivity index (χ0) is 20.1. The lowest BCUT2D eigenvalue weighted by atomic mass is 10.1. The summed E-state index contributed by atoms with van der Waals surface area (Å²) < 4.78 is 6.10. The summed E-state index contributed by atoms with van der Waals surface area (Å²) in [4.78, 5) is 15.1. The molecule has 1 amide bonds. The van der Waals surface area contributed by atoms with Crippen LogP contribution in [0.4, 0.5) is 5.69 Å². The van der Waals surface area contributed by atoms with E-state index in [4.69, 9.17) is 4.74 Å². The SMILES string of the molecule is CCC(Oc1cccc2ccccc12)C(=O)NCc1ccc(N2CCCC2)cc1. The van der Waals surface area contributed by atoms with Gasteiger partial charge < -0.3 is 15.0 Å². The van der Waals surface area contributed by atoms with Gasteiger partial charge >= 0.3 is 0 Å². The number of hydrogen-bond donors (Lipinski definition) is 1. The van der Waals surface area contributed by atoms with Crippen molar-refractivity contribution in [2.45, 2.75) is 38.8 Å². The summed E-state index contributed by atoms with van der Waals surface area (Å²) in [6, 6.07) is 22.5. The smallest absolute Gasteiger partial charge is 0.261 e. The third kappa shape index (κ3) is 4.53. The van der Waals surface area contributed by atoms with Gasteiger partial charge in [0.25, 0.3) is 5.91 Å². The van der Waals surface area contributed by atoms with E-state index in [0.29, 0.717) is 13.0 Å². The van der Waals surface area contributed by atoms with E-state index in [-0.39, 0.29) is 5.91 Å². The molecular formula is C25H28N2O2. The number of anilines is 1. The summed E-state index contributed by atoms with van der Waals surface area (Å²) in [6.07, 6.45) is 2.65.